The number of carbonyl (C=O) groups is 2. The first kappa shape index (κ1) is 29.2. The topological polar surface area (TPSA) is 86.8 Å². The fourth-order valence-electron chi connectivity index (χ4n) is 3.80. The van der Waals surface area contributed by atoms with E-state index in [9.17, 15) is 18.0 Å². The van der Waals surface area contributed by atoms with Gasteiger partial charge in [0.25, 0.3) is 10.0 Å². The van der Waals surface area contributed by atoms with Crippen LogP contribution in [0.15, 0.2) is 83.8 Å². The van der Waals surface area contributed by atoms with E-state index in [0.717, 1.165) is 15.4 Å². The fourth-order valence-corrected chi connectivity index (χ4v) is 5.34. The van der Waals surface area contributed by atoms with Gasteiger partial charge in [0.2, 0.25) is 11.8 Å². The van der Waals surface area contributed by atoms with Crippen LogP contribution in [-0.4, -0.2) is 43.3 Å². The summed E-state index contributed by atoms with van der Waals surface area (Å²) in [5.74, 6) is -0.858. The molecule has 0 heterocycles. The summed E-state index contributed by atoms with van der Waals surface area (Å²) in [7, 11) is -4.08. The van der Waals surface area contributed by atoms with Crippen LogP contribution in [0.5, 0.6) is 0 Å². The Bertz CT molecular complexity index is 1350. The Hall–Kier alpha value is -3.36. The summed E-state index contributed by atoms with van der Waals surface area (Å²) in [5.41, 5.74) is 1.51. The number of carbonyl (C=O) groups excluding carboxylic acids is 2. The third-order valence-corrected chi connectivity index (χ3v) is 7.90. The van der Waals surface area contributed by atoms with Gasteiger partial charge in [-0.05, 0) is 76.6 Å². The average Bonchev–Trinajstić information content (AvgIpc) is 2.86. The highest BCUT2D eigenvalue weighted by molar-refractivity contribution is 7.92. The Kier molecular flexibility index (Phi) is 9.22. The Balaban J connectivity index is 2.00. The molecule has 0 bridgehead atoms. The van der Waals surface area contributed by atoms with E-state index < -0.39 is 34.1 Å². The van der Waals surface area contributed by atoms with Crippen LogP contribution < -0.4 is 9.62 Å². The lowest BCUT2D eigenvalue weighted by molar-refractivity contribution is -0.140. The van der Waals surface area contributed by atoms with Gasteiger partial charge < -0.3 is 10.2 Å². The molecule has 0 saturated carbocycles. The molecule has 0 aliphatic carbocycles. The van der Waals surface area contributed by atoms with Crippen molar-refractivity contribution in [1.29, 1.82) is 0 Å². The Morgan fingerprint density at radius 3 is 2.05 bits per heavy atom. The summed E-state index contributed by atoms with van der Waals surface area (Å²) >= 11 is 6.03. The van der Waals surface area contributed by atoms with Gasteiger partial charge in [-0.2, -0.15) is 0 Å². The number of hydrogen-bond donors (Lipinski definition) is 1. The van der Waals surface area contributed by atoms with Crippen LogP contribution >= 0.6 is 11.6 Å². The van der Waals surface area contributed by atoms with E-state index >= 15 is 0 Å². The molecule has 0 aliphatic heterocycles. The van der Waals surface area contributed by atoms with Crippen LogP contribution in [0.2, 0.25) is 5.02 Å². The number of nitrogens with zero attached hydrogens (tertiary/aromatic N) is 2. The molecule has 1 N–H and O–H groups in total. The zero-order chi connectivity index (χ0) is 28.1. The van der Waals surface area contributed by atoms with Crippen LogP contribution in [0, 0.1) is 6.92 Å². The highest BCUT2D eigenvalue weighted by Gasteiger charge is 2.33. The predicted octanol–water partition coefficient (Wildman–Crippen LogP) is 5.18. The fraction of sp³-hybridized carbons (Fsp3) is 0.310. The Labute approximate surface area is 230 Å². The monoisotopic (exact) mass is 555 g/mol. The number of nitrogens with one attached hydrogen (secondary N) is 1. The molecule has 0 spiro atoms. The number of sulfonamides is 1. The van der Waals surface area contributed by atoms with Crippen LogP contribution in [-0.2, 0) is 26.2 Å². The standard InChI is InChI=1S/C29H34ClN3O4S/c1-21-11-17-26(18-12-21)38(36,37)33(25-9-7-6-8-10-25)20-27(34)32(19-23-13-15-24(30)16-14-23)22(2)28(35)31-29(3,4)5/h6-18,22H,19-20H2,1-5H3,(H,31,35). The average molecular weight is 556 g/mol. The van der Waals surface area contributed by atoms with Crippen molar-refractivity contribution in [2.75, 3.05) is 10.8 Å². The molecule has 3 rings (SSSR count). The molecule has 1 atom stereocenters. The Morgan fingerprint density at radius 2 is 1.50 bits per heavy atom. The minimum absolute atomic E-state index is 0.0718. The maximum absolute atomic E-state index is 13.9. The van der Waals surface area contributed by atoms with E-state index in [4.69, 9.17) is 11.6 Å². The number of benzene rings is 3. The lowest BCUT2D eigenvalue weighted by Gasteiger charge is -2.33. The van der Waals surface area contributed by atoms with Crippen LogP contribution in [0.1, 0.15) is 38.8 Å². The zero-order valence-corrected chi connectivity index (χ0v) is 23.9. The first-order valence-corrected chi connectivity index (χ1v) is 14.1. The molecule has 0 saturated heterocycles. The van der Waals surface area contributed by atoms with Crippen molar-refractivity contribution in [2.45, 2.75) is 57.6 Å². The summed E-state index contributed by atoms with van der Waals surface area (Å²) in [6.07, 6.45) is 0. The van der Waals surface area contributed by atoms with Gasteiger partial charge in [0.15, 0.2) is 0 Å². The number of halogens is 1. The van der Waals surface area contributed by atoms with Gasteiger partial charge in [0.05, 0.1) is 10.6 Å². The third kappa shape index (κ3) is 7.58. The van der Waals surface area contributed by atoms with Crippen molar-refractivity contribution in [2.24, 2.45) is 0 Å². The van der Waals surface area contributed by atoms with Crippen LogP contribution in [0.25, 0.3) is 0 Å². The zero-order valence-electron chi connectivity index (χ0n) is 22.3. The molecule has 9 heteroatoms. The minimum Gasteiger partial charge on any atom is -0.350 e. The van der Waals surface area contributed by atoms with Gasteiger partial charge in [-0.25, -0.2) is 8.42 Å². The SMILES string of the molecule is Cc1ccc(S(=O)(=O)N(CC(=O)N(Cc2ccc(Cl)cc2)C(C)C(=O)NC(C)(C)C)c2ccccc2)cc1. The van der Waals surface area contributed by atoms with Gasteiger partial charge in [0.1, 0.15) is 12.6 Å². The first-order valence-electron chi connectivity index (χ1n) is 12.3. The van der Waals surface area contributed by atoms with Crippen molar-refractivity contribution in [3.05, 3.63) is 95.0 Å². The summed E-state index contributed by atoms with van der Waals surface area (Å²) in [6, 6.07) is 21.0. The van der Waals surface area contributed by atoms with E-state index in [1.807, 2.05) is 27.7 Å². The second kappa shape index (κ2) is 12.0. The van der Waals surface area contributed by atoms with Crippen molar-refractivity contribution in [1.82, 2.24) is 10.2 Å². The molecule has 7 nitrogen and oxygen atoms in total. The predicted molar refractivity (Wildman–Crippen MR) is 152 cm³/mol. The largest absolute Gasteiger partial charge is 0.350 e. The molecular formula is C29H34ClN3O4S. The molecule has 0 fully saturated rings. The highest BCUT2D eigenvalue weighted by Crippen LogP contribution is 2.25. The summed E-state index contributed by atoms with van der Waals surface area (Å²) in [5, 5.41) is 3.46. The molecule has 202 valence electrons. The highest BCUT2D eigenvalue weighted by atomic mass is 35.5. The molecule has 3 aromatic rings. The Morgan fingerprint density at radius 1 is 0.921 bits per heavy atom. The van der Waals surface area contributed by atoms with E-state index in [1.165, 1.54) is 17.0 Å². The van der Waals surface area contributed by atoms with Gasteiger partial charge in [-0.3, -0.25) is 13.9 Å². The number of aryl methyl sites for hydroxylation is 1. The van der Waals surface area contributed by atoms with Crippen molar-refractivity contribution < 1.29 is 18.0 Å². The molecule has 0 aromatic heterocycles. The van der Waals surface area contributed by atoms with Gasteiger partial charge in [0, 0.05) is 17.1 Å². The first-order chi connectivity index (χ1) is 17.8. The van der Waals surface area contributed by atoms with Crippen molar-refractivity contribution >= 4 is 39.1 Å². The lowest BCUT2D eigenvalue weighted by Crippen LogP contribution is -2.54. The lowest BCUT2D eigenvalue weighted by atomic mass is 10.1. The number of amides is 2. The second-order valence-corrected chi connectivity index (χ2v) is 12.5. The van der Waals surface area contributed by atoms with E-state index in [2.05, 4.69) is 5.32 Å². The second-order valence-electron chi connectivity index (χ2n) is 10.2. The molecule has 1 unspecified atom stereocenters. The molecule has 0 radical (unpaired) electrons. The quantitative estimate of drug-likeness (QED) is 0.394. The summed E-state index contributed by atoms with van der Waals surface area (Å²) in [6.45, 7) is 8.68. The van der Waals surface area contributed by atoms with Crippen LogP contribution in [0.4, 0.5) is 5.69 Å². The molecule has 3 aromatic carbocycles. The number of hydrogen-bond acceptors (Lipinski definition) is 4. The van der Waals surface area contributed by atoms with Gasteiger partial charge in [-0.1, -0.05) is 59.6 Å². The summed E-state index contributed by atoms with van der Waals surface area (Å²) < 4.78 is 28.6. The smallest absolute Gasteiger partial charge is 0.264 e. The minimum atomic E-state index is -4.08. The van der Waals surface area contributed by atoms with Crippen molar-refractivity contribution in [3.8, 4) is 0 Å². The van der Waals surface area contributed by atoms with E-state index in [0.29, 0.717) is 10.7 Å². The molecule has 0 aliphatic rings. The number of para-hydroxylation sites is 1. The number of rotatable bonds is 9. The maximum Gasteiger partial charge on any atom is 0.264 e. The summed E-state index contributed by atoms with van der Waals surface area (Å²) in [4.78, 5) is 28.4. The molecule has 38 heavy (non-hydrogen) atoms. The van der Waals surface area contributed by atoms with Gasteiger partial charge in [-0.15, -0.1) is 0 Å². The molecular weight excluding hydrogens is 522 g/mol. The maximum atomic E-state index is 13.9. The van der Waals surface area contributed by atoms with Crippen LogP contribution in [0.3, 0.4) is 0 Å². The normalized spacial score (nSPS) is 12.5. The van der Waals surface area contributed by atoms with Gasteiger partial charge >= 0.3 is 0 Å². The van der Waals surface area contributed by atoms with E-state index in [1.54, 1.807) is 73.7 Å². The van der Waals surface area contributed by atoms with Crippen molar-refractivity contribution in [3.63, 3.8) is 0 Å². The number of anilines is 1. The third-order valence-electron chi connectivity index (χ3n) is 5.86. The van der Waals surface area contributed by atoms with E-state index in [-0.39, 0.29) is 17.3 Å². The molecule has 2 amide bonds.